The molecule has 0 atom stereocenters. The fraction of sp³-hybridized carbons (Fsp3) is 0.444. The van der Waals surface area contributed by atoms with Crippen molar-refractivity contribution in [3.05, 3.63) is 82.9 Å². The third kappa shape index (κ3) is 8.93. The Morgan fingerprint density at radius 1 is 0.608 bits per heavy atom. The van der Waals surface area contributed by atoms with Crippen LogP contribution < -0.4 is 10.6 Å². The number of carbonyl (C=O) groups excluding carboxylic acids is 2. The van der Waals surface area contributed by atoms with E-state index >= 15 is 0 Å². The molecule has 2 aromatic carbocycles. The number of anilines is 2. The Labute approximate surface area is 299 Å². The lowest BCUT2D eigenvalue weighted by Crippen LogP contribution is -2.44. The van der Waals surface area contributed by atoms with Crippen molar-refractivity contribution < 1.29 is 39.9 Å². The van der Waals surface area contributed by atoms with Gasteiger partial charge in [0.25, 0.3) is 0 Å². The number of amides is 2. The van der Waals surface area contributed by atoms with Gasteiger partial charge in [0.05, 0.1) is 21.2 Å². The fourth-order valence-electron chi connectivity index (χ4n) is 4.19. The smallest absolute Gasteiger partial charge is 0.248 e. The van der Waals surface area contributed by atoms with E-state index in [1.807, 2.05) is 48.5 Å². The number of carbonyl (C=O) groups is 2. The minimum atomic E-state index is -4.13. The molecule has 0 aliphatic carbocycles. The second kappa shape index (κ2) is 14.3. The molecule has 0 bridgehead atoms. The number of aryl methyl sites for hydroxylation is 2. The largest absolute Gasteiger partial charge is 0.338 e. The van der Waals surface area contributed by atoms with Crippen LogP contribution in [-0.2, 0) is 40.1 Å². The molecule has 278 valence electrons. The van der Waals surface area contributed by atoms with Gasteiger partial charge in [0, 0.05) is 23.0 Å². The van der Waals surface area contributed by atoms with Crippen molar-refractivity contribution in [2.75, 3.05) is 10.6 Å². The molecule has 0 radical (unpaired) electrons. The SMILES string of the molecule is Cc1ccc(S(=O)(=O)C(C)(C)C(=O)Nc2cc(C(C)(C)C)no2)cc1.Cc1ccc(S(=O)(=O)C(C)(C)C(=O)Nc2cc(C(C)(C)C)no2)cc1F. The van der Waals surface area contributed by atoms with E-state index in [1.165, 1.54) is 58.9 Å². The molecule has 2 amide bonds. The molecule has 2 N–H and O–H groups in total. The Balaban J connectivity index is 0.000000276. The number of nitrogens with zero attached hydrogens (tertiary/aromatic N) is 2. The van der Waals surface area contributed by atoms with Crippen molar-refractivity contribution in [3.8, 4) is 0 Å². The molecule has 15 heteroatoms. The van der Waals surface area contributed by atoms with Crippen molar-refractivity contribution in [2.45, 2.75) is 113 Å². The Kier molecular flexibility index (Phi) is 11.5. The molecule has 4 rings (SSSR count). The highest BCUT2D eigenvalue weighted by molar-refractivity contribution is 7.94. The van der Waals surface area contributed by atoms with Crippen molar-refractivity contribution >= 4 is 43.3 Å². The van der Waals surface area contributed by atoms with Gasteiger partial charge in [-0.3, -0.25) is 20.2 Å². The normalized spacial score (nSPS) is 12.9. The summed E-state index contributed by atoms with van der Waals surface area (Å²) in [4.78, 5) is 25.0. The number of nitrogens with one attached hydrogen (secondary N) is 2. The summed E-state index contributed by atoms with van der Waals surface area (Å²) in [5, 5.41) is 12.7. The zero-order valence-corrected chi connectivity index (χ0v) is 32.7. The lowest BCUT2D eigenvalue weighted by Gasteiger charge is -2.23. The molecular weight excluding hydrogens is 700 g/mol. The molecule has 12 nitrogen and oxygen atoms in total. The molecule has 0 saturated carbocycles. The standard InChI is InChI=1S/C18H23FN2O4S.C18H24N2O4S/c1-11-7-8-12(9-13(11)19)26(23,24)18(5,6)16(22)20-15-10-14(21-25-15)17(2,3)4;1-12-7-9-13(10-8-12)25(22,23)18(5,6)16(21)19-15-11-14(20-24-15)17(2,3)4/h7-10H,1-6H3,(H,20,22);7-11H,1-6H3,(H,19,21). The summed E-state index contributed by atoms with van der Waals surface area (Å²) in [6.45, 7) is 20.3. The van der Waals surface area contributed by atoms with Gasteiger partial charge in [-0.2, -0.15) is 0 Å². The summed E-state index contributed by atoms with van der Waals surface area (Å²) in [5.41, 5.74) is 2.03. The van der Waals surface area contributed by atoms with E-state index in [4.69, 9.17) is 9.05 Å². The van der Waals surface area contributed by atoms with E-state index in [0.717, 1.165) is 11.6 Å². The van der Waals surface area contributed by atoms with Crippen molar-refractivity contribution in [1.82, 2.24) is 10.3 Å². The maximum Gasteiger partial charge on any atom is 0.248 e. The van der Waals surface area contributed by atoms with Crippen molar-refractivity contribution in [3.63, 3.8) is 0 Å². The lowest BCUT2D eigenvalue weighted by molar-refractivity contribution is -0.118. The van der Waals surface area contributed by atoms with Crippen LogP contribution in [0.4, 0.5) is 16.2 Å². The molecule has 2 aromatic heterocycles. The van der Waals surface area contributed by atoms with E-state index in [0.29, 0.717) is 17.0 Å². The van der Waals surface area contributed by atoms with Crippen LogP contribution in [0, 0.1) is 19.7 Å². The summed E-state index contributed by atoms with van der Waals surface area (Å²) in [5.74, 6) is -1.94. The van der Waals surface area contributed by atoms with Gasteiger partial charge in [0.1, 0.15) is 15.3 Å². The van der Waals surface area contributed by atoms with Crippen LogP contribution in [0.5, 0.6) is 0 Å². The number of rotatable bonds is 8. The highest BCUT2D eigenvalue weighted by atomic mass is 32.2. The summed E-state index contributed by atoms with van der Waals surface area (Å²) < 4.78 is 71.8. The first-order valence-corrected chi connectivity index (χ1v) is 19.0. The van der Waals surface area contributed by atoms with Crippen LogP contribution in [0.3, 0.4) is 0 Å². The number of aromatic nitrogens is 2. The zero-order chi connectivity index (χ0) is 39.0. The van der Waals surface area contributed by atoms with E-state index in [1.54, 1.807) is 24.3 Å². The van der Waals surface area contributed by atoms with Gasteiger partial charge in [-0.15, -0.1) is 0 Å². The Morgan fingerprint density at radius 3 is 1.33 bits per heavy atom. The number of benzene rings is 2. The van der Waals surface area contributed by atoms with Crippen LogP contribution in [-0.4, -0.2) is 48.5 Å². The predicted molar refractivity (Wildman–Crippen MR) is 193 cm³/mol. The number of hydrogen-bond donors (Lipinski definition) is 2. The third-order valence-corrected chi connectivity index (χ3v) is 13.1. The average Bonchev–Trinajstić information content (AvgIpc) is 3.69. The first-order chi connectivity index (χ1) is 23.1. The number of hydrogen-bond acceptors (Lipinski definition) is 10. The van der Waals surface area contributed by atoms with Crippen LogP contribution in [0.25, 0.3) is 0 Å². The molecule has 0 aliphatic heterocycles. The fourth-order valence-corrected chi connectivity index (χ4v) is 6.96. The molecule has 0 saturated heterocycles. The summed E-state index contributed by atoms with van der Waals surface area (Å²) >= 11 is 0. The zero-order valence-electron chi connectivity index (χ0n) is 31.1. The summed E-state index contributed by atoms with van der Waals surface area (Å²) in [7, 11) is -8.00. The van der Waals surface area contributed by atoms with Gasteiger partial charge in [-0.25, -0.2) is 21.2 Å². The molecule has 4 aromatic rings. The van der Waals surface area contributed by atoms with Crippen molar-refractivity contribution in [2.24, 2.45) is 0 Å². The molecule has 0 unspecified atom stereocenters. The predicted octanol–water partition coefficient (Wildman–Crippen LogP) is 7.08. The summed E-state index contributed by atoms with van der Waals surface area (Å²) in [6, 6.07) is 13.1. The van der Waals surface area contributed by atoms with E-state index in [-0.39, 0.29) is 32.4 Å². The third-order valence-electron chi connectivity index (χ3n) is 8.25. The quantitative estimate of drug-likeness (QED) is 0.189. The highest BCUT2D eigenvalue weighted by Gasteiger charge is 2.44. The maximum absolute atomic E-state index is 13.8. The van der Waals surface area contributed by atoms with Crippen LogP contribution in [0.1, 0.15) is 91.8 Å². The average molecular weight is 747 g/mol. The molecule has 2 heterocycles. The maximum atomic E-state index is 13.8. The second-order valence-corrected chi connectivity index (χ2v) is 20.3. The Bertz CT molecular complexity index is 2120. The number of halogens is 1. The first kappa shape index (κ1) is 41.1. The minimum Gasteiger partial charge on any atom is -0.338 e. The molecule has 0 fully saturated rings. The van der Waals surface area contributed by atoms with Gasteiger partial charge >= 0.3 is 0 Å². The highest BCUT2D eigenvalue weighted by Crippen LogP contribution is 2.31. The van der Waals surface area contributed by atoms with E-state index < -0.39 is 46.8 Å². The Morgan fingerprint density at radius 2 is 0.980 bits per heavy atom. The van der Waals surface area contributed by atoms with Gasteiger partial charge in [0.2, 0.25) is 23.6 Å². The van der Waals surface area contributed by atoms with E-state index in [2.05, 4.69) is 20.9 Å². The Hall–Kier alpha value is -4.37. The molecule has 0 spiro atoms. The van der Waals surface area contributed by atoms with E-state index in [9.17, 15) is 30.8 Å². The molecule has 51 heavy (non-hydrogen) atoms. The first-order valence-electron chi connectivity index (χ1n) is 16.0. The van der Waals surface area contributed by atoms with Gasteiger partial charge in [-0.05, 0) is 71.4 Å². The lowest BCUT2D eigenvalue weighted by atomic mass is 9.92. The monoisotopic (exact) mass is 746 g/mol. The molecule has 0 aliphatic rings. The van der Waals surface area contributed by atoms with Crippen LogP contribution >= 0.6 is 0 Å². The van der Waals surface area contributed by atoms with Crippen molar-refractivity contribution in [1.29, 1.82) is 0 Å². The van der Waals surface area contributed by atoms with Crippen LogP contribution in [0.2, 0.25) is 0 Å². The van der Waals surface area contributed by atoms with Gasteiger partial charge in [0.15, 0.2) is 19.7 Å². The number of sulfone groups is 2. The van der Waals surface area contributed by atoms with Gasteiger partial charge in [-0.1, -0.05) is 75.6 Å². The van der Waals surface area contributed by atoms with Crippen LogP contribution in [0.15, 0.2) is 73.4 Å². The topological polar surface area (TPSA) is 179 Å². The summed E-state index contributed by atoms with van der Waals surface area (Å²) in [6.07, 6.45) is 0. The second-order valence-electron chi connectivity index (χ2n) is 15.3. The molecular formula is C36H47FN4O8S2. The van der Waals surface area contributed by atoms with Gasteiger partial charge < -0.3 is 9.05 Å². The minimum absolute atomic E-state index is 0.0540.